The molecule has 170 valence electrons. The summed E-state index contributed by atoms with van der Waals surface area (Å²) in [5, 5.41) is 6.60. The van der Waals surface area contributed by atoms with Crippen LogP contribution in [0.3, 0.4) is 0 Å². The highest BCUT2D eigenvalue weighted by atomic mass is 32.1. The first-order valence-corrected chi connectivity index (χ1v) is 10.8. The van der Waals surface area contributed by atoms with Gasteiger partial charge in [0.25, 0.3) is 0 Å². The number of hydrogen-bond donors (Lipinski definition) is 2. The first kappa shape index (κ1) is 23.6. The van der Waals surface area contributed by atoms with Gasteiger partial charge in [0.1, 0.15) is 13.2 Å². The zero-order chi connectivity index (χ0) is 22.9. The standard InChI is InChI=1S/C24H28N2O5S/c1-4-29-20-14-18(10-11-19(20)31-15-17-8-6-5-7-9-17)22-21(16(2)25-24(32)26-22)23(27)30-13-12-28-3/h5-11,14,22H,4,12-13,15H2,1-3H3,(H2,25,26,32). The summed E-state index contributed by atoms with van der Waals surface area (Å²) in [6.07, 6.45) is 0. The number of carbonyl (C=O) groups excluding carboxylic acids is 1. The fourth-order valence-electron chi connectivity index (χ4n) is 3.34. The Bertz CT molecular complexity index is 978. The molecular formula is C24H28N2O5S. The number of methoxy groups -OCH3 is 1. The Labute approximate surface area is 193 Å². The molecule has 1 aliphatic heterocycles. The third-order valence-electron chi connectivity index (χ3n) is 4.85. The maximum absolute atomic E-state index is 12.8. The van der Waals surface area contributed by atoms with Crippen LogP contribution in [-0.4, -0.2) is 38.0 Å². The highest BCUT2D eigenvalue weighted by Crippen LogP contribution is 2.35. The zero-order valence-corrected chi connectivity index (χ0v) is 19.3. The van der Waals surface area contributed by atoms with Crippen molar-refractivity contribution in [3.8, 4) is 11.5 Å². The van der Waals surface area contributed by atoms with E-state index in [1.807, 2.05) is 55.5 Å². The van der Waals surface area contributed by atoms with E-state index in [4.69, 9.17) is 31.2 Å². The minimum atomic E-state index is -0.485. The molecule has 0 aromatic heterocycles. The van der Waals surface area contributed by atoms with E-state index in [-0.39, 0.29) is 6.61 Å². The number of allylic oxidation sites excluding steroid dienone is 1. The van der Waals surface area contributed by atoms with E-state index in [9.17, 15) is 4.79 Å². The van der Waals surface area contributed by atoms with Crippen LogP contribution in [0.15, 0.2) is 59.8 Å². The Kier molecular flexibility index (Phi) is 8.47. The second-order valence-electron chi connectivity index (χ2n) is 7.11. The molecule has 0 saturated heterocycles. The van der Waals surface area contributed by atoms with E-state index < -0.39 is 12.0 Å². The highest BCUT2D eigenvalue weighted by Gasteiger charge is 2.31. The number of benzene rings is 2. The van der Waals surface area contributed by atoms with Crippen LogP contribution in [0.5, 0.6) is 11.5 Å². The Morgan fingerprint density at radius 3 is 2.56 bits per heavy atom. The van der Waals surface area contributed by atoms with Crippen LogP contribution >= 0.6 is 12.2 Å². The Balaban J connectivity index is 1.86. The van der Waals surface area contributed by atoms with Crippen LogP contribution in [0.2, 0.25) is 0 Å². The van der Waals surface area contributed by atoms with Gasteiger partial charge in [-0.2, -0.15) is 0 Å². The molecule has 0 bridgehead atoms. The summed E-state index contributed by atoms with van der Waals surface area (Å²) in [5.41, 5.74) is 2.96. The molecule has 8 heteroatoms. The minimum absolute atomic E-state index is 0.166. The third-order valence-corrected chi connectivity index (χ3v) is 5.07. The van der Waals surface area contributed by atoms with E-state index >= 15 is 0 Å². The largest absolute Gasteiger partial charge is 0.490 e. The second-order valence-corrected chi connectivity index (χ2v) is 7.52. The summed E-state index contributed by atoms with van der Waals surface area (Å²) < 4.78 is 22.2. The molecule has 1 heterocycles. The molecule has 0 spiro atoms. The summed E-state index contributed by atoms with van der Waals surface area (Å²) in [6.45, 7) is 5.10. The molecule has 7 nitrogen and oxygen atoms in total. The van der Waals surface area contributed by atoms with E-state index in [1.165, 1.54) is 0 Å². The lowest BCUT2D eigenvalue weighted by molar-refractivity contribution is -0.140. The average Bonchev–Trinajstić information content (AvgIpc) is 2.78. The number of ether oxygens (including phenoxy) is 4. The molecule has 0 amide bonds. The van der Waals surface area contributed by atoms with Crippen LogP contribution in [0, 0.1) is 0 Å². The minimum Gasteiger partial charge on any atom is -0.490 e. The number of esters is 1. The molecule has 2 aromatic carbocycles. The predicted octanol–water partition coefficient (Wildman–Crippen LogP) is 3.65. The van der Waals surface area contributed by atoms with Crippen LogP contribution in [0.25, 0.3) is 0 Å². The van der Waals surface area contributed by atoms with Crippen molar-refractivity contribution < 1.29 is 23.7 Å². The molecule has 1 atom stereocenters. The lowest BCUT2D eigenvalue weighted by Gasteiger charge is -2.30. The van der Waals surface area contributed by atoms with Crippen molar-refractivity contribution in [2.24, 2.45) is 0 Å². The molecule has 1 unspecified atom stereocenters. The highest BCUT2D eigenvalue weighted by molar-refractivity contribution is 7.80. The SMILES string of the molecule is CCOc1cc(C2NC(=S)NC(C)=C2C(=O)OCCOC)ccc1OCc1ccccc1. The topological polar surface area (TPSA) is 78.1 Å². The van der Waals surface area contributed by atoms with E-state index in [0.29, 0.717) is 47.7 Å². The Morgan fingerprint density at radius 1 is 1.06 bits per heavy atom. The summed E-state index contributed by atoms with van der Waals surface area (Å²) >= 11 is 5.33. The van der Waals surface area contributed by atoms with Crippen LogP contribution in [-0.2, 0) is 20.9 Å². The van der Waals surface area contributed by atoms with Crippen molar-refractivity contribution in [3.63, 3.8) is 0 Å². The first-order valence-electron chi connectivity index (χ1n) is 10.4. The molecule has 0 fully saturated rings. The van der Waals surface area contributed by atoms with E-state index in [2.05, 4.69) is 10.6 Å². The van der Waals surface area contributed by atoms with Crippen LogP contribution in [0.1, 0.15) is 31.0 Å². The predicted molar refractivity (Wildman–Crippen MR) is 126 cm³/mol. The van der Waals surface area contributed by atoms with Gasteiger partial charge in [-0.3, -0.25) is 0 Å². The van der Waals surface area contributed by atoms with Crippen molar-refractivity contribution >= 4 is 23.3 Å². The molecule has 0 saturated carbocycles. The first-order chi connectivity index (χ1) is 15.5. The molecule has 2 aromatic rings. The number of hydrogen-bond acceptors (Lipinski definition) is 6. The van der Waals surface area contributed by atoms with Crippen molar-refractivity contribution in [1.29, 1.82) is 0 Å². The number of rotatable bonds is 10. The maximum atomic E-state index is 12.8. The quantitative estimate of drug-likeness (QED) is 0.319. The molecule has 2 N–H and O–H groups in total. The van der Waals surface area contributed by atoms with Gasteiger partial charge in [0.05, 0.1) is 24.8 Å². The third kappa shape index (κ3) is 5.99. The van der Waals surface area contributed by atoms with E-state index in [0.717, 1.165) is 11.1 Å². The maximum Gasteiger partial charge on any atom is 0.338 e. The summed E-state index contributed by atoms with van der Waals surface area (Å²) in [4.78, 5) is 12.8. The van der Waals surface area contributed by atoms with Gasteiger partial charge in [-0.1, -0.05) is 36.4 Å². The molecule has 32 heavy (non-hydrogen) atoms. The fraction of sp³-hybridized carbons (Fsp3) is 0.333. The van der Waals surface area contributed by atoms with E-state index in [1.54, 1.807) is 14.0 Å². The molecular weight excluding hydrogens is 428 g/mol. The number of thiocarbonyl (C=S) groups is 1. The molecule has 1 aliphatic rings. The van der Waals surface area contributed by atoms with Gasteiger partial charge in [0.15, 0.2) is 16.6 Å². The van der Waals surface area contributed by atoms with Crippen LogP contribution < -0.4 is 20.1 Å². The number of carbonyl (C=O) groups is 1. The average molecular weight is 457 g/mol. The van der Waals surface area contributed by atoms with Crippen molar-refractivity contribution in [2.75, 3.05) is 26.9 Å². The Morgan fingerprint density at radius 2 is 1.84 bits per heavy atom. The van der Waals surface area contributed by atoms with Gasteiger partial charge in [0.2, 0.25) is 0 Å². The molecule has 3 rings (SSSR count). The normalized spacial score (nSPS) is 15.6. The second kappa shape index (κ2) is 11.5. The molecule has 0 radical (unpaired) electrons. The lowest BCUT2D eigenvalue weighted by Crippen LogP contribution is -2.45. The number of nitrogens with one attached hydrogen (secondary N) is 2. The van der Waals surface area contributed by atoms with Crippen molar-refractivity contribution in [3.05, 3.63) is 70.9 Å². The van der Waals surface area contributed by atoms with Gasteiger partial charge in [-0.05, 0) is 49.3 Å². The van der Waals surface area contributed by atoms with Gasteiger partial charge in [0, 0.05) is 12.8 Å². The van der Waals surface area contributed by atoms with Crippen LogP contribution in [0.4, 0.5) is 0 Å². The summed E-state index contributed by atoms with van der Waals surface area (Å²) in [7, 11) is 1.56. The van der Waals surface area contributed by atoms with Crippen molar-refractivity contribution in [2.45, 2.75) is 26.5 Å². The fourth-order valence-corrected chi connectivity index (χ4v) is 3.61. The van der Waals surface area contributed by atoms with Crippen molar-refractivity contribution in [1.82, 2.24) is 10.6 Å². The smallest absolute Gasteiger partial charge is 0.338 e. The lowest BCUT2D eigenvalue weighted by atomic mass is 9.95. The monoisotopic (exact) mass is 456 g/mol. The Hall–Kier alpha value is -3.10. The van der Waals surface area contributed by atoms with Gasteiger partial charge in [-0.25, -0.2) is 4.79 Å². The van der Waals surface area contributed by atoms with Gasteiger partial charge >= 0.3 is 5.97 Å². The zero-order valence-electron chi connectivity index (χ0n) is 18.5. The van der Waals surface area contributed by atoms with Gasteiger partial charge in [-0.15, -0.1) is 0 Å². The molecule has 0 aliphatic carbocycles. The summed E-state index contributed by atoms with van der Waals surface area (Å²) in [6, 6.07) is 15.0. The van der Waals surface area contributed by atoms with Gasteiger partial charge < -0.3 is 29.6 Å². The summed E-state index contributed by atoms with van der Waals surface area (Å²) in [5.74, 6) is 0.784.